The second kappa shape index (κ2) is 4.03. The van der Waals surface area contributed by atoms with Crippen molar-refractivity contribution in [1.29, 1.82) is 0 Å². The van der Waals surface area contributed by atoms with Crippen molar-refractivity contribution < 1.29 is 8.42 Å². The van der Waals surface area contributed by atoms with Gasteiger partial charge in [0.1, 0.15) is 0 Å². The Morgan fingerprint density at radius 2 is 2.11 bits per heavy atom. The van der Waals surface area contributed by atoms with Gasteiger partial charge >= 0.3 is 0 Å². The largest absolute Gasteiger partial charge is 0.287 e. The van der Waals surface area contributed by atoms with Crippen LogP contribution in [-0.4, -0.2) is 39.9 Å². The summed E-state index contributed by atoms with van der Waals surface area (Å²) in [6.07, 6.45) is 8.15. The van der Waals surface area contributed by atoms with Crippen molar-refractivity contribution >= 4 is 15.8 Å². The molecule has 2 aromatic rings. The highest BCUT2D eigenvalue weighted by atomic mass is 32.2. The van der Waals surface area contributed by atoms with Crippen LogP contribution in [0.3, 0.4) is 0 Å². The summed E-state index contributed by atoms with van der Waals surface area (Å²) in [7, 11) is -3.17. The molecular weight excluding hydrogens is 252 g/mol. The summed E-state index contributed by atoms with van der Waals surface area (Å²) in [5.74, 6) is 0.604. The molecule has 6 nitrogen and oxygen atoms in total. The van der Waals surface area contributed by atoms with E-state index in [4.69, 9.17) is 0 Å². The minimum absolute atomic E-state index is 0.111. The Morgan fingerprint density at radius 1 is 1.33 bits per heavy atom. The lowest BCUT2D eigenvalue weighted by Crippen LogP contribution is -2.30. The maximum atomic E-state index is 11.8. The molecule has 18 heavy (non-hydrogen) atoms. The van der Waals surface area contributed by atoms with Gasteiger partial charge in [0.05, 0.1) is 12.3 Å². The Balaban J connectivity index is 2.12. The third-order valence-corrected chi connectivity index (χ3v) is 4.59. The van der Waals surface area contributed by atoms with Crippen LogP contribution >= 0.6 is 0 Å². The summed E-state index contributed by atoms with van der Waals surface area (Å²) < 4.78 is 27.0. The second-order valence-corrected chi connectivity index (χ2v) is 6.43. The first-order valence-electron chi connectivity index (χ1n) is 5.82. The maximum absolute atomic E-state index is 11.8. The lowest BCUT2D eigenvalue weighted by Gasteiger charge is -2.22. The SMILES string of the molecule is CS(=O)(=O)N1CCCC1c1ccnc2nccn12. The molecule has 3 heterocycles. The molecule has 0 amide bonds. The monoisotopic (exact) mass is 266 g/mol. The van der Waals surface area contributed by atoms with Crippen molar-refractivity contribution in [2.75, 3.05) is 12.8 Å². The number of nitrogens with zero attached hydrogens (tertiary/aromatic N) is 4. The van der Waals surface area contributed by atoms with Crippen LogP contribution < -0.4 is 0 Å². The highest BCUT2D eigenvalue weighted by molar-refractivity contribution is 7.88. The van der Waals surface area contributed by atoms with Crippen LogP contribution in [0.4, 0.5) is 0 Å². The Labute approximate surface area is 105 Å². The smallest absolute Gasteiger partial charge is 0.233 e. The van der Waals surface area contributed by atoms with Gasteiger partial charge in [0.2, 0.25) is 15.8 Å². The average molecular weight is 266 g/mol. The molecule has 0 bridgehead atoms. The number of imidazole rings is 1. The molecule has 0 aromatic carbocycles. The van der Waals surface area contributed by atoms with Gasteiger partial charge in [0.25, 0.3) is 0 Å². The molecule has 0 N–H and O–H groups in total. The maximum Gasteiger partial charge on any atom is 0.233 e. The number of hydrogen-bond donors (Lipinski definition) is 0. The van der Waals surface area contributed by atoms with Gasteiger partial charge in [-0.05, 0) is 18.9 Å². The number of hydrogen-bond acceptors (Lipinski definition) is 4. The Hall–Kier alpha value is -1.47. The van der Waals surface area contributed by atoms with Gasteiger partial charge in [-0.15, -0.1) is 0 Å². The summed E-state index contributed by atoms with van der Waals surface area (Å²) in [5, 5.41) is 0. The van der Waals surface area contributed by atoms with Crippen LogP contribution in [0, 0.1) is 0 Å². The van der Waals surface area contributed by atoms with Crippen LogP contribution in [0.1, 0.15) is 24.6 Å². The van der Waals surface area contributed by atoms with E-state index < -0.39 is 10.0 Å². The van der Waals surface area contributed by atoms with Crippen molar-refractivity contribution in [3.8, 4) is 0 Å². The number of rotatable bonds is 2. The molecule has 1 unspecified atom stereocenters. The molecule has 1 aliphatic heterocycles. The molecule has 1 aliphatic rings. The molecule has 96 valence electrons. The fourth-order valence-electron chi connectivity index (χ4n) is 2.56. The van der Waals surface area contributed by atoms with E-state index in [0.29, 0.717) is 12.3 Å². The number of fused-ring (bicyclic) bond motifs is 1. The van der Waals surface area contributed by atoms with Gasteiger partial charge in [-0.25, -0.2) is 18.4 Å². The van der Waals surface area contributed by atoms with Crippen LogP contribution in [0.5, 0.6) is 0 Å². The van der Waals surface area contributed by atoms with Crippen LogP contribution in [0.15, 0.2) is 24.7 Å². The molecule has 1 atom stereocenters. The number of aromatic nitrogens is 3. The minimum atomic E-state index is -3.17. The van der Waals surface area contributed by atoms with Gasteiger partial charge in [-0.3, -0.25) is 4.40 Å². The van der Waals surface area contributed by atoms with Crippen molar-refractivity contribution in [3.05, 3.63) is 30.4 Å². The van der Waals surface area contributed by atoms with E-state index in [-0.39, 0.29) is 6.04 Å². The lowest BCUT2D eigenvalue weighted by atomic mass is 10.1. The first kappa shape index (κ1) is 11.6. The standard InChI is InChI=1S/C11H14N4O2S/c1-18(16,17)15-7-2-3-10(15)9-4-5-12-11-13-6-8-14(9)11/h4-6,8,10H,2-3,7H2,1H3. The fraction of sp³-hybridized carbons (Fsp3) is 0.455. The van der Waals surface area contributed by atoms with E-state index in [9.17, 15) is 8.42 Å². The lowest BCUT2D eigenvalue weighted by molar-refractivity contribution is 0.391. The van der Waals surface area contributed by atoms with E-state index in [2.05, 4.69) is 9.97 Å². The van der Waals surface area contributed by atoms with Crippen molar-refractivity contribution in [3.63, 3.8) is 0 Å². The predicted octanol–water partition coefficient (Wildman–Crippen LogP) is 0.826. The zero-order valence-corrected chi connectivity index (χ0v) is 10.8. The summed E-state index contributed by atoms with van der Waals surface area (Å²) in [5.41, 5.74) is 0.931. The molecule has 0 aliphatic carbocycles. The van der Waals surface area contributed by atoms with Crippen molar-refractivity contribution in [1.82, 2.24) is 18.7 Å². The average Bonchev–Trinajstić information content (AvgIpc) is 2.96. The highest BCUT2D eigenvalue weighted by Gasteiger charge is 2.33. The van der Waals surface area contributed by atoms with E-state index in [1.165, 1.54) is 6.26 Å². The van der Waals surface area contributed by atoms with Gasteiger partial charge in [0.15, 0.2) is 0 Å². The normalized spacial score (nSPS) is 21.7. The van der Waals surface area contributed by atoms with Crippen molar-refractivity contribution in [2.45, 2.75) is 18.9 Å². The van der Waals surface area contributed by atoms with Crippen LogP contribution in [-0.2, 0) is 10.0 Å². The highest BCUT2D eigenvalue weighted by Crippen LogP contribution is 2.33. The fourth-order valence-corrected chi connectivity index (χ4v) is 3.69. The van der Waals surface area contributed by atoms with E-state index in [0.717, 1.165) is 18.5 Å². The number of sulfonamides is 1. The quantitative estimate of drug-likeness (QED) is 0.807. The third-order valence-electron chi connectivity index (χ3n) is 3.31. The molecule has 0 spiro atoms. The molecule has 1 saturated heterocycles. The molecule has 1 fully saturated rings. The predicted molar refractivity (Wildman–Crippen MR) is 66.5 cm³/mol. The van der Waals surface area contributed by atoms with Crippen LogP contribution in [0.25, 0.3) is 5.78 Å². The first-order valence-corrected chi connectivity index (χ1v) is 7.67. The van der Waals surface area contributed by atoms with E-state index in [1.807, 2.05) is 16.7 Å². The Kier molecular flexibility index (Phi) is 2.60. The minimum Gasteiger partial charge on any atom is -0.287 e. The van der Waals surface area contributed by atoms with Gasteiger partial charge in [-0.1, -0.05) is 0 Å². The molecule has 2 aromatic heterocycles. The summed E-state index contributed by atoms with van der Waals surface area (Å²) in [6, 6.07) is 1.75. The summed E-state index contributed by atoms with van der Waals surface area (Å²) >= 11 is 0. The van der Waals surface area contributed by atoms with E-state index >= 15 is 0 Å². The molecule has 3 rings (SSSR count). The van der Waals surface area contributed by atoms with Gasteiger partial charge in [-0.2, -0.15) is 4.31 Å². The Bertz CT molecular complexity index is 679. The third kappa shape index (κ3) is 1.79. The zero-order chi connectivity index (χ0) is 12.8. The first-order chi connectivity index (χ1) is 8.57. The topological polar surface area (TPSA) is 67.6 Å². The van der Waals surface area contributed by atoms with Crippen molar-refractivity contribution in [2.24, 2.45) is 0 Å². The second-order valence-electron chi connectivity index (χ2n) is 4.50. The summed E-state index contributed by atoms with van der Waals surface area (Å²) in [4.78, 5) is 8.27. The van der Waals surface area contributed by atoms with E-state index in [1.54, 1.807) is 16.7 Å². The molecule has 0 saturated carbocycles. The molecule has 7 heteroatoms. The zero-order valence-electron chi connectivity index (χ0n) is 10.0. The Morgan fingerprint density at radius 3 is 2.89 bits per heavy atom. The molecule has 0 radical (unpaired) electrons. The summed E-state index contributed by atoms with van der Waals surface area (Å²) in [6.45, 7) is 0.585. The molecular formula is C11H14N4O2S. The van der Waals surface area contributed by atoms with Gasteiger partial charge in [0, 0.05) is 30.8 Å². The van der Waals surface area contributed by atoms with Crippen LogP contribution in [0.2, 0.25) is 0 Å². The van der Waals surface area contributed by atoms with Gasteiger partial charge < -0.3 is 0 Å².